The second-order valence-electron chi connectivity index (χ2n) is 7.77. The van der Waals surface area contributed by atoms with Gasteiger partial charge in [-0.2, -0.15) is 4.99 Å². The Hall–Kier alpha value is -3.58. The number of para-hydroxylation sites is 1. The van der Waals surface area contributed by atoms with Crippen LogP contribution in [0.2, 0.25) is 0 Å². The van der Waals surface area contributed by atoms with Crippen LogP contribution in [0.25, 0.3) is 17.0 Å². The Morgan fingerprint density at radius 3 is 2.72 bits per heavy atom. The summed E-state index contributed by atoms with van der Waals surface area (Å²) in [6.45, 7) is 5.18. The second-order valence-corrected chi connectivity index (χ2v) is 8.99. The third-order valence-corrected chi connectivity index (χ3v) is 6.33. The summed E-state index contributed by atoms with van der Waals surface area (Å²) in [6, 6.07) is 16.1. The first-order valence-corrected chi connectivity index (χ1v) is 11.2. The van der Waals surface area contributed by atoms with Gasteiger partial charge in [-0.1, -0.05) is 47.7 Å². The maximum absolute atomic E-state index is 12.7. The van der Waals surface area contributed by atoms with E-state index in [1.54, 1.807) is 11.0 Å². The Kier molecular flexibility index (Phi) is 5.19. The minimum atomic E-state index is -0.378. The molecule has 6 nitrogen and oxygen atoms in total. The number of fused-ring (bicyclic) bond motifs is 2. The van der Waals surface area contributed by atoms with Gasteiger partial charge < -0.3 is 9.30 Å². The molecule has 32 heavy (non-hydrogen) atoms. The lowest BCUT2D eigenvalue weighted by atomic mass is 10.1. The number of aliphatic imine (C=N–C) groups is 1. The highest BCUT2D eigenvalue weighted by molar-refractivity contribution is 8.17. The third kappa shape index (κ3) is 3.76. The van der Waals surface area contributed by atoms with Crippen molar-refractivity contribution in [2.45, 2.75) is 20.4 Å². The average Bonchev–Trinajstić information content (AvgIpc) is 3.33. The van der Waals surface area contributed by atoms with Crippen LogP contribution in [-0.2, 0) is 11.3 Å². The largest absolute Gasteiger partial charge is 0.492 e. The number of amidine groups is 2. The van der Waals surface area contributed by atoms with Crippen molar-refractivity contribution in [3.63, 3.8) is 0 Å². The molecule has 0 radical (unpaired) electrons. The summed E-state index contributed by atoms with van der Waals surface area (Å²) in [5.74, 6) is 0.622. The smallest absolute Gasteiger partial charge is 0.283 e. The Balaban J connectivity index is 1.43. The van der Waals surface area contributed by atoms with E-state index >= 15 is 0 Å². The van der Waals surface area contributed by atoms with Crippen LogP contribution in [0.5, 0.6) is 5.75 Å². The number of hydrogen-bond donors (Lipinski definition) is 1. The summed E-state index contributed by atoms with van der Waals surface area (Å²) >= 11 is 1.41. The van der Waals surface area contributed by atoms with Crippen LogP contribution in [0, 0.1) is 12.3 Å². The molecule has 2 aliphatic heterocycles. The van der Waals surface area contributed by atoms with Gasteiger partial charge in [-0.15, -0.1) is 0 Å². The molecule has 0 spiro atoms. The van der Waals surface area contributed by atoms with Crippen molar-refractivity contribution in [2.75, 3.05) is 6.61 Å². The quantitative estimate of drug-likeness (QED) is 0.552. The topological polar surface area (TPSA) is 70.7 Å². The molecule has 0 atom stereocenters. The molecule has 0 saturated heterocycles. The van der Waals surface area contributed by atoms with Crippen LogP contribution >= 0.6 is 11.8 Å². The summed E-state index contributed by atoms with van der Waals surface area (Å²) in [4.78, 5) is 19.5. The summed E-state index contributed by atoms with van der Waals surface area (Å²) in [5.41, 5.74) is 3.43. The number of ether oxygens (including phenoxy) is 1. The van der Waals surface area contributed by atoms with Crippen LogP contribution in [0.15, 0.2) is 76.4 Å². The summed E-state index contributed by atoms with van der Waals surface area (Å²) in [6.07, 6.45) is 5.63. The number of amides is 1. The number of rotatable bonds is 5. The van der Waals surface area contributed by atoms with Gasteiger partial charge in [-0.3, -0.25) is 15.1 Å². The zero-order valence-corrected chi connectivity index (χ0v) is 18.6. The minimum absolute atomic E-state index is 0.156. The van der Waals surface area contributed by atoms with Crippen LogP contribution in [0.1, 0.15) is 18.1 Å². The van der Waals surface area contributed by atoms with Crippen molar-refractivity contribution >= 4 is 45.7 Å². The van der Waals surface area contributed by atoms with Crippen molar-refractivity contribution in [1.29, 1.82) is 5.41 Å². The normalized spacial score (nSPS) is 17.1. The van der Waals surface area contributed by atoms with Gasteiger partial charge in [-0.25, -0.2) is 0 Å². The molecule has 0 saturated carbocycles. The SMILES string of the molecule is CC1=CN2C(=N)/C(=C/c3cn(CCOc4ccc(C)cc4)c4ccccc34)C(=O)N=C2S1. The van der Waals surface area contributed by atoms with Gasteiger partial charge in [0.15, 0.2) is 5.17 Å². The molecule has 5 rings (SSSR count). The number of aryl methyl sites for hydroxylation is 1. The van der Waals surface area contributed by atoms with Gasteiger partial charge in [0.1, 0.15) is 18.2 Å². The fourth-order valence-electron chi connectivity index (χ4n) is 3.83. The van der Waals surface area contributed by atoms with Crippen molar-refractivity contribution < 1.29 is 9.53 Å². The first-order chi connectivity index (χ1) is 15.5. The van der Waals surface area contributed by atoms with E-state index in [2.05, 4.69) is 22.5 Å². The molecule has 0 fully saturated rings. The van der Waals surface area contributed by atoms with Gasteiger partial charge in [0.25, 0.3) is 5.91 Å². The van der Waals surface area contributed by atoms with E-state index in [-0.39, 0.29) is 11.7 Å². The molecule has 2 aliphatic rings. The number of carbonyl (C=O) groups excluding carboxylic acids is 1. The van der Waals surface area contributed by atoms with Crippen LogP contribution in [-0.4, -0.2) is 33.0 Å². The van der Waals surface area contributed by atoms with E-state index in [0.29, 0.717) is 23.9 Å². The summed E-state index contributed by atoms with van der Waals surface area (Å²) in [5, 5.41) is 10.1. The molecule has 0 bridgehead atoms. The summed E-state index contributed by atoms with van der Waals surface area (Å²) < 4.78 is 8.03. The maximum Gasteiger partial charge on any atom is 0.283 e. The van der Waals surface area contributed by atoms with E-state index < -0.39 is 0 Å². The fraction of sp³-hybridized carbons (Fsp3) is 0.160. The molecule has 1 amide bonds. The van der Waals surface area contributed by atoms with E-state index in [0.717, 1.165) is 27.1 Å². The lowest BCUT2D eigenvalue weighted by Gasteiger charge is -2.22. The van der Waals surface area contributed by atoms with Gasteiger partial charge >= 0.3 is 0 Å². The molecule has 3 heterocycles. The third-order valence-electron chi connectivity index (χ3n) is 5.43. The predicted octanol–water partition coefficient (Wildman–Crippen LogP) is 5.20. The molecule has 3 aromatic rings. The highest BCUT2D eigenvalue weighted by Crippen LogP contribution is 2.33. The standard InChI is InChI=1S/C25H22N4O2S/c1-16-7-9-19(10-8-16)31-12-11-28-15-18(20-5-3-4-6-22(20)28)13-21-23(26)29-14-17(2)32-25(29)27-24(21)30/h3-10,13-15,26H,11-12H2,1-2H3/b21-13-,26-23?. The van der Waals surface area contributed by atoms with Crippen LogP contribution < -0.4 is 4.74 Å². The zero-order chi connectivity index (χ0) is 22.2. The Bertz CT molecular complexity index is 1330. The number of hydrogen-bond acceptors (Lipinski definition) is 4. The highest BCUT2D eigenvalue weighted by Gasteiger charge is 2.33. The second kappa shape index (κ2) is 8.16. The number of nitrogens with zero attached hydrogens (tertiary/aromatic N) is 3. The molecule has 1 aromatic heterocycles. The number of nitrogens with one attached hydrogen (secondary N) is 1. The van der Waals surface area contributed by atoms with Gasteiger partial charge in [0.05, 0.1) is 12.1 Å². The Morgan fingerprint density at radius 1 is 1.12 bits per heavy atom. The van der Waals surface area contributed by atoms with E-state index in [1.807, 2.05) is 61.8 Å². The molecule has 0 unspecified atom stereocenters. The number of allylic oxidation sites excluding steroid dienone is 1. The number of thioether (sulfide) groups is 1. The average molecular weight is 443 g/mol. The van der Waals surface area contributed by atoms with Crippen molar-refractivity contribution in [1.82, 2.24) is 9.47 Å². The molecular formula is C25H22N4O2S. The molecule has 1 N–H and O–H groups in total. The van der Waals surface area contributed by atoms with Gasteiger partial charge in [-0.05, 0) is 38.1 Å². The molecule has 160 valence electrons. The fourth-order valence-corrected chi connectivity index (χ4v) is 4.65. The molecular weight excluding hydrogens is 420 g/mol. The number of benzene rings is 2. The van der Waals surface area contributed by atoms with Crippen molar-refractivity contribution in [2.24, 2.45) is 4.99 Å². The number of aromatic nitrogens is 1. The lowest BCUT2D eigenvalue weighted by Crippen LogP contribution is -2.35. The van der Waals surface area contributed by atoms with E-state index in [4.69, 9.17) is 10.1 Å². The van der Waals surface area contributed by atoms with E-state index in [9.17, 15) is 4.79 Å². The van der Waals surface area contributed by atoms with Crippen LogP contribution in [0.3, 0.4) is 0 Å². The predicted molar refractivity (Wildman–Crippen MR) is 130 cm³/mol. The Morgan fingerprint density at radius 2 is 1.91 bits per heavy atom. The van der Waals surface area contributed by atoms with Gasteiger partial charge in [0, 0.05) is 33.8 Å². The maximum atomic E-state index is 12.7. The van der Waals surface area contributed by atoms with Gasteiger partial charge in [0.2, 0.25) is 0 Å². The first kappa shape index (κ1) is 20.3. The lowest BCUT2D eigenvalue weighted by molar-refractivity contribution is -0.114. The highest BCUT2D eigenvalue weighted by atomic mass is 32.2. The minimum Gasteiger partial charge on any atom is -0.492 e. The molecule has 7 heteroatoms. The molecule has 0 aliphatic carbocycles. The monoisotopic (exact) mass is 442 g/mol. The van der Waals surface area contributed by atoms with E-state index in [1.165, 1.54) is 17.3 Å². The zero-order valence-electron chi connectivity index (χ0n) is 17.8. The number of carbonyl (C=O) groups is 1. The Labute approximate surface area is 190 Å². The van der Waals surface area contributed by atoms with Crippen molar-refractivity contribution in [3.8, 4) is 5.75 Å². The first-order valence-electron chi connectivity index (χ1n) is 10.4. The van der Waals surface area contributed by atoms with Crippen LogP contribution in [0.4, 0.5) is 0 Å². The van der Waals surface area contributed by atoms with Crippen molar-refractivity contribution in [3.05, 3.63) is 82.5 Å². The molecule has 2 aromatic carbocycles. The summed E-state index contributed by atoms with van der Waals surface area (Å²) in [7, 11) is 0.